The summed E-state index contributed by atoms with van der Waals surface area (Å²) in [5, 5.41) is 11.5. The minimum Gasteiger partial charge on any atom is -0.465 e. The molecule has 2 aliphatic heterocycles. The fraction of sp³-hybridized carbons (Fsp3) is 0.200. The van der Waals surface area contributed by atoms with Crippen molar-refractivity contribution in [2.45, 2.75) is 19.2 Å². The van der Waals surface area contributed by atoms with Crippen LogP contribution in [0.4, 0.5) is 0 Å². The zero-order valence-electron chi connectivity index (χ0n) is 21.8. The average Bonchev–Trinajstić information content (AvgIpc) is 3.66. The summed E-state index contributed by atoms with van der Waals surface area (Å²) in [6.45, 7) is 0.406. The summed E-state index contributed by atoms with van der Waals surface area (Å²) in [5.74, 6) is -0.0692. The summed E-state index contributed by atoms with van der Waals surface area (Å²) in [5.41, 5.74) is 3.27. The van der Waals surface area contributed by atoms with E-state index in [0.29, 0.717) is 23.6 Å². The number of nitrogens with zero attached hydrogens (tertiary/aromatic N) is 1. The van der Waals surface area contributed by atoms with E-state index in [0.717, 1.165) is 26.0 Å². The number of carbonyl (C=O) groups is 2. The second-order valence-electron chi connectivity index (χ2n) is 8.99. The molecule has 1 N–H and O–H groups in total. The molecule has 40 heavy (non-hydrogen) atoms. The standard InChI is InChI=1S/C30H26BrNO7S/c1-36-29(34)22-10-20(19-7-5-18(16-33)6-8-19)11-25(28-4-3-9-40-28)32(15-23(22)30(35)37-2)14-21-12-26-27(13-24(21)31)39-17-38-26/h3-13,15,25,33H,14,16-17H2,1-2H3. The van der Waals surface area contributed by atoms with Crippen molar-refractivity contribution >= 4 is 44.8 Å². The Balaban J connectivity index is 1.72. The molecule has 2 aromatic carbocycles. The molecular weight excluding hydrogens is 598 g/mol. The number of halogens is 1. The molecule has 5 rings (SSSR count). The maximum Gasteiger partial charge on any atom is 0.340 e. The number of aliphatic hydroxyl groups excluding tert-OH is 1. The molecule has 3 aromatic rings. The Bertz CT molecular complexity index is 1510. The van der Waals surface area contributed by atoms with Crippen molar-refractivity contribution in [3.8, 4) is 11.5 Å². The lowest BCUT2D eigenvalue weighted by Gasteiger charge is -2.31. The molecule has 3 heterocycles. The van der Waals surface area contributed by atoms with Crippen LogP contribution < -0.4 is 9.47 Å². The van der Waals surface area contributed by atoms with Crippen LogP contribution in [0.25, 0.3) is 5.57 Å². The molecular formula is C30H26BrNO7S. The van der Waals surface area contributed by atoms with Crippen LogP contribution in [0.2, 0.25) is 0 Å². The predicted molar refractivity (Wildman–Crippen MR) is 153 cm³/mol. The van der Waals surface area contributed by atoms with E-state index in [1.165, 1.54) is 14.2 Å². The molecule has 0 saturated heterocycles. The highest BCUT2D eigenvalue weighted by Crippen LogP contribution is 2.40. The number of aliphatic hydroxyl groups is 1. The number of thiophene rings is 1. The summed E-state index contributed by atoms with van der Waals surface area (Å²) in [6.07, 6.45) is 5.35. The molecule has 0 spiro atoms. The first kappa shape index (κ1) is 27.7. The van der Waals surface area contributed by atoms with Gasteiger partial charge in [-0.3, -0.25) is 0 Å². The van der Waals surface area contributed by atoms with Gasteiger partial charge in [0.15, 0.2) is 11.5 Å². The molecule has 1 aromatic heterocycles. The highest BCUT2D eigenvalue weighted by atomic mass is 79.9. The average molecular weight is 625 g/mol. The monoisotopic (exact) mass is 623 g/mol. The highest BCUT2D eigenvalue weighted by Gasteiger charge is 2.30. The first-order valence-electron chi connectivity index (χ1n) is 12.3. The van der Waals surface area contributed by atoms with Crippen LogP contribution in [-0.2, 0) is 32.2 Å². The fourth-order valence-corrected chi connectivity index (χ4v) is 5.78. The van der Waals surface area contributed by atoms with Crippen molar-refractivity contribution in [2.24, 2.45) is 0 Å². The minimum atomic E-state index is -0.673. The van der Waals surface area contributed by atoms with Crippen molar-refractivity contribution < 1.29 is 33.6 Å². The number of benzene rings is 2. The van der Waals surface area contributed by atoms with E-state index in [4.69, 9.17) is 18.9 Å². The molecule has 0 radical (unpaired) electrons. The Morgan fingerprint density at radius 3 is 2.40 bits per heavy atom. The Hall–Kier alpha value is -3.86. The molecule has 0 fully saturated rings. The van der Waals surface area contributed by atoms with Crippen LogP contribution in [0.1, 0.15) is 27.6 Å². The van der Waals surface area contributed by atoms with E-state index >= 15 is 0 Å². The Morgan fingerprint density at radius 2 is 1.75 bits per heavy atom. The van der Waals surface area contributed by atoms with Crippen molar-refractivity contribution in [3.05, 3.63) is 109 Å². The van der Waals surface area contributed by atoms with Crippen LogP contribution in [0.3, 0.4) is 0 Å². The van der Waals surface area contributed by atoms with E-state index in [2.05, 4.69) is 15.9 Å². The van der Waals surface area contributed by atoms with Crippen LogP contribution >= 0.6 is 27.3 Å². The normalized spacial score (nSPS) is 16.4. The lowest BCUT2D eigenvalue weighted by atomic mass is 9.94. The third kappa shape index (κ3) is 5.70. The zero-order chi connectivity index (χ0) is 28.2. The van der Waals surface area contributed by atoms with Gasteiger partial charge in [0.2, 0.25) is 6.79 Å². The fourth-order valence-electron chi connectivity index (χ4n) is 4.52. The van der Waals surface area contributed by atoms with E-state index in [1.54, 1.807) is 23.6 Å². The minimum absolute atomic E-state index is 0.0605. The summed E-state index contributed by atoms with van der Waals surface area (Å²) < 4.78 is 22.1. The largest absolute Gasteiger partial charge is 0.465 e. The third-order valence-electron chi connectivity index (χ3n) is 6.59. The van der Waals surface area contributed by atoms with Crippen molar-refractivity contribution in [1.29, 1.82) is 0 Å². The number of allylic oxidation sites excluding steroid dienone is 2. The first-order chi connectivity index (χ1) is 19.4. The summed E-state index contributed by atoms with van der Waals surface area (Å²) >= 11 is 5.23. The second kappa shape index (κ2) is 12.1. The van der Waals surface area contributed by atoms with Gasteiger partial charge < -0.3 is 29.0 Å². The maximum atomic E-state index is 13.1. The van der Waals surface area contributed by atoms with Gasteiger partial charge in [0, 0.05) is 22.1 Å². The summed E-state index contributed by atoms with van der Waals surface area (Å²) in [7, 11) is 2.54. The van der Waals surface area contributed by atoms with Crippen molar-refractivity contribution in [3.63, 3.8) is 0 Å². The lowest BCUT2D eigenvalue weighted by Crippen LogP contribution is -2.26. The van der Waals surface area contributed by atoms with Crippen LogP contribution in [-0.4, -0.2) is 43.0 Å². The highest BCUT2D eigenvalue weighted by molar-refractivity contribution is 9.10. The zero-order valence-corrected chi connectivity index (χ0v) is 24.2. The van der Waals surface area contributed by atoms with Gasteiger partial charge in [-0.2, -0.15) is 0 Å². The molecule has 0 aliphatic carbocycles. The number of fused-ring (bicyclic) bond motifs is 1. The van der Waals surface area contributed by atoms with Crippen LogP contribution in [0.5, 0.6) is 11.5 Å². The van der Waals surface area contributed by atoms with Crippen molar-refractivity contribution in [2.75, 3.05) is 21.0 Å². The quantitative estimate of drug-likeness (QED) is 0.343. The summed E-state index contributed by atoms with van der Waals surface area (Å²) in [6, 6.07) is 14.8. The molecule has 10 heteroatoms. The van der Waals surface area contributed by atoms with Gasteiger partial charge in [-0.1, -0.05) is 46.3 Å². The Morgan fingerprint density at radius 1 is 1.05 bits per heavy atom. The first-order valence-corrected chi connectivity index (χ1v) is 14.0. The van der Waals surface area contributed by atoms with Crippen LogP contribution in [0, 0.1) is 0 Å². The van der Waals surface area contributed by atoms with Gasteiger partial charge in [-0.05, 0) is 58.0 Å². The number of esters is 2. The van der Waals surface area contributed by atoms with Gasteiger partial charge in [0.25, 0.3) is 0 Å². The van der Waals surface area contributed by atoms with E-state index in [1.807, 2.05) is 64.9 Å². The van der Waals surface area contributed by atoms with Gasteiger partial charge in [0.1, 0.15) is 0 Å². The van der Waals surface area contributed by atoms with E-state index in [9.17, 15) is 14.7 Å². The number of rotatable bonds is 7. The maximum absolute atomic E-state index is 13.1. The number of methoxy groups -OCH3 is 2. The number of ether oxygens (including phenoxy) is 4. The molecule has 0 amide bonds. The molecule has 1 atom stereocenters. The van der Waals surface area contributed by atoms with Gasteiger partial charge in [0.05, 0.1) is 38.0 Å². The van der Waals surface area contributed by atoms with Crippen molar-refractivity contribution in [1.82, 2.24) is 4.90 Å². The van der Waals surface area contributed by atoms with Gasteiger partial charge >= 0.3 is 11.9 Å². The molecule has 2 aliphatic rings. The van der Waals surface area contributed by atoms with Gasteiger partial charge in [-0.15, -0.1) is 11.3 Å². The Kier molecular flexibility index (Phi) is 8.39. The molecule has 0 bridgehead atoms. The van der Waals surface area contributed by atoms with Gasteiger partial charge in [-0.25, -0.2) is 9.59 Å². The molecule has 8 nitrogen and oxygen atoms in total. The van der Waals surface area contributed by atoms with E-state index < -0.39 is 11.9 Å². The lowest BCUT2D eigenvalue weighted by molar-refractivity contribution is -0.139. The number of hydrogen-bond donors (Lipinski definition) is 1. The summed E-state index contributed by atoms with van der Waals surface area (Å²) in [4.78, 5) is 29.2. The number of hydrogen-bond acceptors (Lipinski definition) is 9. The third-order valence-corrected chi connectivity index (χ3v) is 8.27. The number of carbonyl (C=O) groups excluding carboxylic acids is 2. The molecule has 1 unspecified atom stereocenters. The van der Waals surface area contributed by atoms with Crippen LogP contribution in [0.15, 0.2) is 87.9 Å². The predicted octanol–water partition coefficient (Wildman–Crippen LogP) is 5.53. The topological polar surface area (TPSA) is 94.5 Å². The SMILES string of the molecule is COC(=O)C1=CC(c2ccc(CO)cc2)=CC(c2cccs2)N(Cc2cc3c(cc2Br)OCO3)C=C1C(=O)OC. The molecule has 0 saturated carbocycles. The van der Waals surface area contributed by atoms with E-state index in [-0.39, 0.29) is 30.6 Å². The second-order valence-corrected chi connectivity index (χ2v) is 10.8. The Labute approximate surface area is 243 Å². The molecule has 206 valence electrons. The smallest absolute Gasteiger partial charge is 0.340 e.